The maximum absolute atomic E-state index is 6.39. The zero-order valence-corrected chi connectivity index (χ0v) is 31.3. The smallest absolute Gasteiger partial charge is 0.137 e. The molecule has 4 heteroatoms. The number of hydrogen-bond acceptors (Lipinski definition) is 3. The second-order valence-corrected chi connectivity index (χ2v) is 14.9. The molecule has 0 aliphatic rings. The van der Waals surface area contributed by atoms with Crippen molar-refractivity contribution >= 4 is 82.7 Å². The van der Waals surface area contributed by atoms with Crippen LogP contribution in [0.15, 0.2) is 215 Å². The topological polar surface area (TPSA) is 34.5 Å². The molecular weight excluding hydrogens is 709 g/mol. The second kappa shape index (κ2) is 12.9. The number of aromatic nitrogens is 1. The van der Waals surface area contributed by atoms with Crippen LogP contribution in [0, 0.1) is 0 Å². The van der Waals surface area contributed by atoms with Crippen molar-refractivity contribution in [3.05, 3.63) is 206 Å². The van der Waals surface area contributed by atoms with Crippen LogP contribution in [0.1, 0.15) is 0 Å². The van der Waals surface area contributed by atoms with Gasteiger partial charge in [0.1, 0.15) is 22.3 Å². The summed E-state index contributed by atoms with van der Waals surface area (Å²) in [5.41, 5.74) is 14.7. The Morgan fingerprint density at radius 2 is 0.741 bits per heavy atom. The van der Waals surface area contributed by atoms with E-state index in [1.807, 2.05) is 24.3 Å². The van der Waals surface area contributed by atoms with E-state index < -0.39 is 0 Å². The summed E-state index contributed by atoms with van der Waals surface area (Å²) in [6.07, 6.45) is 0. The van der Waals surface area contributed by atoms with Crippen molar-refractivity contribution in [3.8, 4) is 27.9 Å². The average Bonchev–Trinajstić information content (AvgIpc) is 3.96. The summed E-state index contributed by atoms with van der Waals surface area (Å²) in [5, 5.41) is 6.92. The largest absolute Gasteiger partial charge is 0.456 e. The summed E-state index contributed by atoms with van der Waals surface area (Å²) >= 11 is 0. The number of furan rings is 2. The number of nitrogens with zero attached hydrogens (tertiary/aromatic N) is 2. The normalized spacial score (nSPS) is 11.8. The summed E-state index contributed by atoms with van der Waals surface area (Å²) in [7, 11) is 0. The summed E-state index contributed by atoms with van der Waals surface area (Å²) < 4.78 is 15.2. The standard InChI is InChI=1S/C54H34N2O2/c1-2-14-40(41-15-3-8-20-48(41)56-49-21-9-4-16-42(49)43-17-5-10-22-50(43)56)39(13-1)35-25-27-36(28-26-35)55(37-29-31-46-44-18-6-11-23-51(44)57-53(46)33-37)38-30-32-47-45-19-7-12-24-52(45)58-54(47)34-38/h1-34H. The third kappa shape index (κ3) is 5.02. The Morgan fingerprint density at radius 3 is 1.33 bits per heavy atom. The lowest BCUT2D eigenvalue weighted by Crippen LogP contribution is -2.09. The molecule has 0 atom stereocenters. The van der Waals surface area contributed by atoms with Crippen molar-refractivity contribution in [1.29, 1.82) is 0 Å². The summed E-state index contributed by atoms with van der Waals surface area (Å²) in [6.45, 7) is 0. The van der Waals surface area contributed by atoms with Gasteiger partial charge in [-0.25, -0.2) is 0 Å². The number of para-hydroxylation sites is 5. The van der Waals surface area contributed by atoms with Gasteiger partial charge in [0, 0.05) is 67.1 Å². The van der Waals surface area contributed by atoms with E-state index >= 15 is 0 Å². The van der Waals surface area contributed by atoms with E-state index in [-0.39, 0.29) is 0 Å². The molecule has 0 unspecified atom stereocenters. The number of hydrogen-bond donors (Lipinski definition) is 0. The molecule has 0 aliphatic heterocycles. The van der Waals surface area contributed by atoms with Gasteiger partial charge in [0.25, 0.3) is 0 Å². The number of benzene rings is 9. The highest BCUT2D eigenvalue weighted by Gasteiger charge is 2.20. The van der Waals surface area contributed by atoms with Gasteiger partial charge in [-0.1, -0.05) is 127 Å². The maximum atomic E-state index is 6.39. The number of fused-ring (bicyclic) bond motifs is 9. The Bertz CT molecular complexity index is 3360. The summed E-state index contributed by atoms with van der Waals surface area (Å²) in [6, 6.07) is 73.3. The van der Waals surface area contributed by atoms with Crippen LogP contribution in [0.5, 0.6) is 0 Å². The first-order chi connectivity index (χ1) is 28.8. The van der Waals surface area contributed by atoms with Gasteiger partial charge in [-0.2, -0.15) is 0 Å². The summed E-state index contributed by atoms with van der Waals surface area (Å²) in [5.74, 6) is 0. The van der Waals surface area contributed by atoms with Crippen LogP contribution in [-0.2, 0) is 0 Å². The van der Waals surface area contributed by atoms with Crippen LogP contribution in [0.3, 0.4) is 0 Å². The molecule has 0 fully saturated rings. The molecule has 0 saturated heterocycles. The Kier molecular flexibility index (Phi) is 7.20. The van der Waals surface area contributed by atoms with E-state index in [1.54, 1.807) is 0 Å². The monoisotopic (exact) mass is 742 g/mol. The first kappa shape index (κ1) is 32.4. The van der Waals surface area contributed by atoms with Crippen LogP contribution in [0.2, 0.25) is 0 Å². The number of rotatable bonds is 6. The minimum atomic E-state index is 0.848. The SMILES string of the molecule is c1ccc(-c2ccccc2-n2c3ccccc3c3ccccc32)c(-c2ccc(N(c3ccc4c(c3)oc3ccccc34)c3ccc4c(c3)oc3ccccc34)cc2)c1. The first-order valence-electron chi connectivity index (χ1n) is 19.7. The highest BCUT2D eigenvalue weighted by Crippen LogP contribution is 2.43. The molecular formula is C54H34N2O2. The van der Waals surface area contributed by atoms with Gasteiger partial charge < -0.3 is 18.3 Å². The van der Waals surface area contributed by atoms with Gasteiger partial charge >= 0.3 is 0 Å². The van der Waals surface area contributed by atoms with E-state index in [0.29, 0.717) is 0 Å². The van der Waals surface area contributed by atoms with E-state index in [4.69, 9.17) is 8.83 Å². The molecule has 12 aromatic rings. The van der Waals surface area contributed by atoms with Gasteiger partial charge in [-0.3, -0.25) is 0 Å². The molecule has 0 amide bonds. The molecule has 9 aromatic carbocycles. The van der Waals surface area contributed by atoms with Crippen molar-refractivity contribution < 1.29 is 8.83 Å². The van der Waals surface area contributed by atoms with Crippen LogP contribution < -0.4 is 4.90 Å². The molecule has 0 spiro atoms. The first-order valence-corrected chi connectivity index (χ1v) is 19.7. The minimum absolute atomic E-state index is 0.848. The van der Waals surface area contributed by atoms with Crippen LogP contribution >= 0.6 is 0 Å². The predicted molar refractivity (Wildman–Crippen MR) is 241 cm³/mol. The lowest BCUT2D eigenvalue weighted by atomic mass is 9.93. The van der Waals surface area contributed by atoms with Gasteiger partial charge in [0.2, 0.25) is 0 Å². The molecule has 12 rings (SSSR count). The van der Waals surface area contributed by atoms with Crippen LogP contribution in [0.25, 0.3) is 93.6 Å². The zero-order chi connectivity index (χ0) is 38.2. The van der Waals surface area contributed by atoms with Crippen molar-refractivity contribution in [2.75, 3.05) is 4.90 Å². The minimum Gasteiger partial charge on any atom is -0.456 e. The fraction of sp³-hybridized carbons (Fsp3) is 0. The maximum Gasteiger partial charge on any atom is 0.137 e. The second-order valence-electron chi connectivity index (χ2n) is 14.9. The summed E-state index contributed by atoms with van der Waals surface area (Å²) in [4.78, 5) is 2.28. The Labute approximate surface area is 334 Å². The molecule has 0 saturated carbocycles. The molecule has 58 heavy (non-hydrogen) atoms. The highest BCUT2D eigenvalue weighted by molar-refractivity contribution is 6.10. The molecule has 272 valence electrons. The van der Waals surface area contributed by atoms with Crippen molar-refractivity contribution in [3.63, 3.8) is 0 Å². The molecule has 3 aromatic heterocycles. The van der Waals surface area contributed by atoms with Crippen molar-refractivity contribution in [1.82, 2.24) is 4.57 Å². The van der Waals surface area contributed by atoms with Gasteiger partial charge in [-0.05, 0) is 83.4 Å². The zero-order valence-electron chi connectivity index (χ0n) is 31.3. The highest BCUT2D eigenvalue weighted by atomic mass is 16.3. The van der Waals surface area contributed by atoms with E-state index in [9.17, 15) is 0 Å². The Balaban J connectivity index is 0.996. The van der Waals surface area contributed by atoms with Crippen LogP contribution in [-0.4, -0.2) is 4.57 Å². The lowest BCUT2D eigenvalue weighted by Gasteiger charge is -2.26. The molecule has 0 radical (unpaired) electrons. The van der Waals surface area contributed by atoms with Gasteiger partial charge in [0.05, 0.1) is 16.7 Å². The quantitative estimate of drug-likeness (QED) is 0.170. The molecule has 0 N–H and O–H groups in total. The Hall–Kier alpha value is -7.82. The molecule has 0 aliphatic carbocycles. The molecule has 3 heterocycles. The van der Waals surface area contributed by atoms with Gasteiger partial charge in [0.15, 0.2) is 0 Å². The van der Waals surface area contributed by atoms with E-state index in [0.717, 1.165) is 72.2 Å². The van der Waals surface area contributed by atoms with E-state index in [2.05, 4.69) is 191 Å². The predicted octanol–water partition coefficient (Wildman–Crippen LogP) is 15.4. The molecule has 4 nitrogen and oxygen atoms in total. The number of anilines is 3. The average molecular weight is 743 g/mol. The van der Waals surface area contributed by atoms with E-state index in [1.165, 1.54) is 38.5 Å². The molecule has 0 bridgehead atoms. The fourth-order valence-corrected chi connectivity index (χ4v) is 8.99. The Morgan fingerprint density at radius 1 is 0.310 bits per heavy atom. The fourth-order valence-electron chi connectivity index (χ4n) is 8.99. The third-order valence-corrected chi connectivity index (χ3v) is 11.6. The van der Waals surface area contributed by atoms with Gasteiger partial charge in [-0.15, -0.1) is 0 Å². The third-order valence-electron chi connectivity index (χ3n) is 11.6. The van der Waals surface area contributed by atoms with Crippen molar-refractivity contribution in [2.45, 2.75) is 0 Å². The lowest BCUT2D eigenvalue weighted by molar-refractivity contribution is 0.669. The van der Waals surface area contributed by atoms with Crippen molar-refractivity contribution in [2.24, 2.45) is 0 Å². The van der Waals surface area contributed by atoms with Crippen LogP contribution in [0.4, 0.5) is 17.1 Å².